The Hall–Kier alpha value is -1.60. The molecule has 1 aromatic rings. The highest BCUT2D eigenvalue weighted by Gasteiger charge is 2.03. The summed E-state index contributed by atoms with van der Waals surface area (Å²) in [5.74, 6) is 6.02. The molecule has 0 spiro atoms. The molecule has 0 radical (unpaired) electrons. The fourth-order valence-corrected chi connectivity index (χ4v) is 1.67. The maximum absolute atomic E-state index is 5.41. The molecule has 0 aliphatic rings. The highest BCUT2D eigenvalue weighted by Crippen LogP contribution is 1.95. The molecule has 1 atom stereocenters. The number of hydrazine groups is 1. The quantitative estimate of drug-likeness (QED) is 0.205. The van der Waals surface area contributed by atoms with Gasteiger partial charge in [0, 0.05) is 38.6 Å². The third-order valence-corrected chi connectivity index (χ3v) is 2.59. The number of nitrogens with two attached hydrogens (primary N) is 1. The monoisotopic (exact) mass is 268 g/mol. The Morgan fingerprint density at radius 3 is 3.00 bits per heavy atom. The van der Waals surface area contributed by atoms with Crippen LogP contribution in [0.3, 0.4) is 0 Å². The minimum Gasteiger partial charge on any atom is -0.383 e. The van der Waals surface area contributed by atoms with Crippen LogP contribution < -0.4 is 16.6 Å². The molecular weight excluding hydrogens is 244 g/mol. The smallest absolute Gasteiger partial charge is 0.206 e. The average Bonchev–Trinajstić information content (AvgIpc) is 2.90. The van der Waals surface area contributed by atoms with Gasteiger partial charge < -0.3 is 14.6 Å². The number of nitrogens with zero attached hydrogens (tertiary/aromatic N) is 3. The molecule has 0 aliphatic heterocycles. The van der Waals surface area contributed by atoms with Crippen molar-refractivity contribution in [3.8, 4) is 0 Å². The SMILES string of the molecule is COCC(C)NC(=NCCCCn1ccnc1)NN. The summed E-state index contributed by atoms with van der Waals surface area (Å²) in [5, 5.41) is 3.15. The van der Waals surface area contributed by atoms with Crippen molar-refractivity contribution in [3.05, 3.63) is 18.7 Å². The summed E-state index contributed by atoms with van der Waals surface area (Å²) in [7, 11) is 1.67. The predicted molar refractivity (Wildman–Crippen MR) is 75.6 cm³/mol. The van der Waals surface area contributed by atoms with Crippen molar-refractivity contribution in [1.29, 1.82) is 0 Å². The second-order valence-electron chi connectivity index (χ2n) is 4.38. The van der Waals surface area contributed by atoms with Gasteiger partial charge >= 0.3 is 0 Å². The second-order valence-corrected chi connectivity index (χ2v) is 4.38. The van der Waals surface area contributed by atoms with Crippen LogP contribution >= 0.6 is 0 Å². The van der Waals surface area contributed by atoms with E-state index in [0.29, 0.717) is 12.6 Å². The summed E-state index contributed by atoms with van der Waals surface area (Å²) in [6, 6.07) is 0.172. The molecule has 19 heavy (non-hydrogen) atoms. The van der Waals surface area contributed by atoms with E-state index in [4.69, 9.17) is 10.6 Å². The number of ether oxygens (including phenoxy) is 1. The lowest BCUT2D eigenvalue weighted by atomic mass is 10.3. The van der Waals surface area contributed by atoms with Gasteiger partial charge in [0.25, 0.3) is 0 Å². The molecule has 0 bridgehead atoms. The number of nitrogens with one attached hydrogen (secondary N) is 2. The number of imidazole rings is 1. The summed E-state index contributed by atoms with van der Waals surface area (Å²) in [4.78, 5) is 8.37. The van der Waals surface area contributed by atoms with Crippen molar-refractivity contribution in [3.63, 3.8) is 0 Å². The highest BCUT2D eigenvalue weighted by molar-refractivity contribution is 5.79. The van der Waals surface area contributed by atoms with Crippen LogP contribution in [-0.4, -0.2) is 41.8 Å². The van der Waals surface area contributed by atoms with Crippen molar-refractivity contribution >= 4 is 5.96 Å². The molecule has 0 saturated carbocycles. The van der Waals surface area contributed by atoms with E-state index in [1.807, 2.05) is 19.4 Å². The Balaban J connectivity index is 2.17. The molecule has 0 fully saturated rings. The molecule has 0 aliphatic carbocycles. The van der Waals surface area contributed by atoms with E-state index < -0.39 is 0 Å². The zero-order valence-corrected chi connectivity index (χ0v) is 11.7. The van der Waals surface area contributed by atoms with Crippen molar-refractivity contribution in [2.24, 2.45) is 10.8 Å². The van der Waals surface area contributed by atoms with Crippen LogP contribution in [0.25, 0.3) is 0 Å². The van der Waals surface area contributed by atoms with E-state index in [1.165, 1.54) is 0 Å². The van der Waals surface area contributed by atoms with Crippen LogP contribution in [0.2, 0.25) is 0 Å². The number of guanidine groups is 1. The maximum Gasteiger partial charge on any atom is 0.206 e. The Bertz CT molecular complexity index is 351. The minimum absolute atomic E-state index is 0.172. The summed E-state index contributed by atoms with van der Waals surface area (Å²) >= 11 is 0. The Labute approximate surface area is 114 Å². The van der Waals surface area contributed by atoms with Gasteiger partial charge in [0.1, 0.15) is 0 Å². The number of unbranched alkanes of at least 4 members (excludes halogenated alkanes) is 1. The molecule has 4 N–H and O–H groups in total. The maximum atomic E-state index is 5.41. The zero-order valence-electron chi connectivity index (χ0n) is 11.7. The minimum atomic E-state index is 0.172. The van der Waals surface area contributed by atoms with E-state index in [-0.39, 0.29) is 6.04 Å². The molecule has 1 unspecified atom stereocenters. The van der Waals surface area contributed by atoms with Crippen LogP contribution in [0.15, 0.2) is 23.7 Å². The third kappa shape index (κ3) is 6.78. The van der Waals surface area contributed by atoms with Gasteiger partial charge in [0.05, 0.1) is 12.9 Å². The van der Waals surface area contributed by atoms with Gasteiger partial charge in [-0.2, -0.15) is 0 Å². The van der Waals surface area contributed by atoms with Crippen LogP contribution in [0.1, 0.15) is 19.8 Å². The number of hydrogen-bond acceptors (Lipinski definition) is 4. The van der Waals surface area contributed by atoms with Gasteiger partial charge in [0.15, 0.2) is 0 Å². The molecule has 108 valence electrons. The van der Waals surface area contributed by atoms with E-state index in [2.05, 4.69) is 25.3 Å². The van der Waals surface area contributed by atoms with Crippen molar-refractivity contribution in [1.82, 2.24) is 20.3 Å². The molecular formula is C12H24N6O. The average molecular weight is 268 g/mol. The van der Waals surface area contributed by atoms with Crippen LogP contribution in [0, 0.1) is 0 Å². The number of aromatic nitrogens is 2. The lowest BCUT2D eigenvalue weighted by Gasteiger charge is -2.15. The number of rotatable bonds is 8. The fraction of sp³-hybridized carbons (Fsp3) is 0.667. The van der Waals surface area contributed by atoms with Gasteiger partial charge in [-0.3, -0.25) is 10.4 Å². The van der Waals surface area contributed by atoms with Gasteiger partial charge in [-0.25, -0.2) is 10.8 Å². The number of aliphatic imine (C=N–C) groups is 1. The first-order valence-corrected chi connectivity index (χ1v) is 6.48. The molecule has 7 nitrogen and oxygen atoms in total. The third-order valence-electron chi connectivity index (χ3n) is 2.59. The van der Waals surface area contributed by atoms with Gasteiger partial charge in [-0.05, 0) is 19.8 Å². The van der Waals surface area contributed by atoms with E-state index in [9.17, 15) is 0 Å². The van der Waals surface area contributed by atoms with E-state index in [0.717, 1.165) is 25.9 Å². The predicted octanol–water partition coefficient (Wildman–Crippen LogP) is 0.107. The van der Waals surface area contributed by atoms with Crippen molar-refractivity contribution < 1.29 is 4.74 Å². The van der Waals surface area contributed by atoms with Gasteiger partial charge in [-0.15, -0.1) is 0 Å². The first-order chi connectivity index (χ1) is 9.26. The standard InChI is InChI=1S/C12H24N6O/c1-11(9-19-2)16-12(17-13)15-5-3-4-7-18-8-6-14-10-18/h6,8,10-11H,3-5,7,9,13H2,1-2H3,(H2,15,16,17). The lowest BCUT2D eigenvalue weighted by molar-refractivity contribution is 0.179. The molecule has 0 saturated heterocycles. The zero-order chi connectivity index (χ0) is 13.9. The Kier molecular flexibility index (Phi) is 7.60. The van der Waals surface area contributed by atoms with Crippen molar-refractivity contribution in [2.75, 3.05) is 20.3 Å². The number of hydrogen-bond donors (Lipinski definition) is 3. The van der Waals surface area contributed by atoms with E-state index >= 15 is 0 Å². The molecule has 0 aromatic carbocycles. The largest absolute Gasteiger partial charge is 0.383 e. The molecule has 1 aromatic heterocycles. The van der Waals surface area contributed by atoms with Crippen LogP contribution in [-0.2, 0) is 11.3 Å². The first kappa shape index (κ1) is 15.5. The van der Waals surface area contributed by atoms with Crippen LogP contribution in [0.5, 0.6) is 0 Å². The van der Waals surface area contributed by atoms with Gasteiger partial charge in [0.2, 0.25) is 5.96 Å². The van der Waals surface area contributed by atoms with Crippen molar-refractivity contribution in [2.45, 2.75) is 32.4 Å². The fourth-order valence-electron chi connectivity index (χ4n) is 1.67. The Morgan fingerprint density at radius 2 is 2.37 bits per heavy atom. The van der Waals surface area contributed by atoms with Crippen LogP contribution in [0.4, 0.5) is 0 Å². The number of aryl methyl sites for hydroxylation is 1. The second kappa shape index (κ2) is 9.35. The summed E-state index contributed by atoms with van der Waals surface area (Å²) < 4.78 is 7.10. The summed E-state index contributed by atoms with van der Waals surface area (Å²) in [6.07, 6.45) is 7.64. The summed E-state index contributed by atoms with van der Waals surface area (Å²) in [5.41, 5.74) is 2.56. The highest BCUT2D eigenvalue weighted by atomic mass is 16.5. The topological polar surface area (TPSA) is 89.5 Å². The molecule has 1 rings (SSSR count). The lowest BCUT2D eigenvalue weighted by Crippen LogP contribution is -2.46. The summed E-state index contributed by atoms with van der Waals surface area (Å²) in [6.45, 7) is 4.33. The first-order valence-electron chi connectivity index (χ1n) is 6.48. The van der Waals surface area contributed by atoms with Gasteiger partial charge in [-0.1, -0.05) is 0 Å². The molecule has 1 heterocycles. The number of methoxy groups -OCH3 is 1. The molecule has 0 amide bonds. The normalized spacial score (nSPS) is 13.3. The van der Waals surface area contributed by atoms with E-state index in [1.54, 1.807) is 13.3 Å². The Morgan fingerprint density at radius 1 is 1.53 bits per heavy atom. The molecule has 7 heteroatoms.